The van der Waals surface area contributed by atoms with Gasteiger partial charge in [0.1, 0.15) is 0 Å². The molecule has 0 bridgehead atoms. The smallest absolute Gasteiger partial charge is 0.266 e. The molecule has 35 heavy (non-hydrogen) atoms. The van der Waals surface area contributed by atoms with E-state index in [1.165, 1.54) is 29.8 Å². The number of carbonyl (C=O) groups is 1. The van der Waals surface area contributed by atoms with Crippen molar-refractivity contribution in [2.75, 3.05) is 19.9 Å². The van der Waals surface area contributed by atoms with Crippen LogP contribution in [-0.4, -0.2) is 40.3 Å². The minimum Gasteiger partial charge on any atom is -0.494 e. The van der Waals surface area contributed by atoms with Crippen LogP contribution in [0.5, 0.6) is 5.75 Å². The second-order valence-electron chi connectivity index (χ2n) is 8.08. The number of amides is 1. The van der Waals surface area contributed by atoms with E-state index in [-0.39, 0.29) is 29.5 Å². The summed E-state index contributed by atoms with van der Waals surface area (Å²) in [5.41, 5.74) is 2.91. The SMILES string of the molecule is CCc1ccc(-n2c(SCC(=O)N(C)Cc3ccc(OC)c(F)c3)nc3ccccc3c2=O)cc1. The van der Waals surface area contributed by atoms with Crippen LogP contribution in [0.2, 0.25) is 0 Å². The molecule has 4 rings (SSSR count). The molecule has 8 heteroatoms. The van der Waals surface area contributed by atoms with Crippen LogP contribution < -0.4 is 10.3 Å². The van der Waals surface area contributed by atoms with Gasteiger partial charge in [0.15, 0.2) is 16.7 Å². The number of ether oxygens (including phenoxy) is 1. The molecule has 0 unspecified atom stereocenters. The highest BCUT2D eigenvalue weighted by atomic mass is 32.2. The number of aryl methyl sites for hydroxylation is 1. The van der Waals surface area contributed by atoms with Crippen molar-refractivity contribution in [3.05, 3.63) is 94.0 Å². The normalized spacial score (nSPS) is 11.0. The van der Waals surface area contributed by atoms with Gasteiger partial charge in [0.25, 0.3) is 5.56 Å². The van der Waals surface area contributed by atoms with Gasteiger partial charge < -0.3 is 9.64 Å². The zero-order valence-electron chi connectivity index (χ0n) is 19.8. The molecule has 0 aliphatic heterocycles. The van der Waals surface area contributed by atoms with Gasteiger partial charge in [-0.15, -0.1) is 0 Å². The number of nitrogens with zero attached hydrogens (tertiary/aromatic N) is 3. The Kier molecular flexibility index (Phi) is 7.51. The molecule has 0 radical (unpaired) electrons. The van der Waals surface area contributed by atoms with E-state index in [2.05, 4.69) is 6.92 Å². The van der Waals surface area contributed by atoms with Crippen LogP contribution in [0, 0.1) is 5.82 Å². The highest BCUT2D eigenvalue weighted by Gasteiger charge is 2.17. The fourth-order valence-corrected chi connectivity index (χ4v) is 4.68. The van der Waals surface area contributed by atoms with E-state index in [9.17, 15) is 14.0 Å². The summed E-state index contributed by atoms with van der Waals surface area (Å²) in [4.78, 5) is 32.5. The lowest BCUT2D eigenvalue weighted by molar-refractivity contribution is -0.127. The second kappa shape index (κ2) is 10.7. The van der Waals surface area contributed by atoms with Crippen molar-refractivity contribution in [1.82, 2.24) is 14.5 Å². The average molecular weight is 492 g/mol. The van der Waals surface area contributed by atoms with E-state index in [4.69, 9.17) is 9.72 Å². The van der Waals surface area contributed by atoms with Gasteiger partial charge in [-0.2, -0.15) is 0 Å². The van der Waals surface area contributed by atoms with Crippen LogP contribution >= 0.6 is 11.8 Å². The molecule has 0 aliphatic carbocycles. The summed E-state index contributed by atoms with van der Waals surface area (Å²) in [6, 6.07) is 19.6. The summed E-state index contributed by atoms with van der Waals surface area (Å²) in [7, 11) is 3.07. The number of fused-ring (bicyclic) bond motifs is 1. The van der Waals surface area contributed by atoms with Gasteiger partial charge in [0, 0.05) is 13.6 Å². The Morgan fingerprint density at radius 2 is 1.80 bits per heavy atom. The maximum atomic E-state index is 14.0. The van der Waals surface area contributed by atoms with E-state index in [0.717, 1.165) is 12.0 Å². The third kappa shape index (κ3) is 5.38. The molecule has 0 spiro atoms. The molecule has 1 aromatic heterocycles. The van der Waals surface area contributed by atoms with E-state index >= 15 is 0 Å². The molecule has 4 aromatic rings. The standard InChI is InChI=1S/C27H26FN3O3S/c1-4-18-9-12-20(13-10-18)31-26(33)21-7-5-6-8-23(21)29-27(31)35-17-25(32)30(2)16-19-11-14-24(34-3)22(28)15-19/h5-15H,4,16-17H2,1-3H3. The number of aromatic nitrogens is 2. The number of para-hydroxylation sites is 1. The lowest BCUT2D eigenvalue weighted by Gasteiger charge is -2.18. The number of benzene rings is 3. The van der Waals surface area contributed by atoms with Gasteiger partial charge in [-0.1, -0.05) is 49.0 Å². The monoisotopic (exact) mass is 491 g/mol. The number of halogens is 1. The van der Waals surface area contributed by atoms with Gasteiger partial charge in [-0.25, -0.2) is 9.37 Å². The van der Waals surface area contributed by atoms with Crippen LogP contribution in [0.4, 0.5) is 4.39 Å². The first-order chi connectivity index (χ1) is 16.9. The number of rotatable bonds is 8. The largest absolute Gasteiger partial charge is 0.494 e. The average Bonchev–Trinajstić information content (AvgIpc) is 2.87. The number of hydrogen-bond donors (Lipinski definition) is 0. The summed E-state index contributed by atoms with van der Waals surface area (Å²) in [6.45, 7) is 2.32. The Hall–Kier alpha value is -3.65. The van der Waals surface area contributed by atoms with E-state index in [0.29, 0.717) is 27.3 Å². The van der Waals surface area contributed by atoms with Crippen LogP contribution in [0.25, 0.3) is 16.6 Å². The maximum Gasteiger partial charge on any atom is 0.266 e. The number of methoxy groups -OCH3 is 1. The maximum absolute atomic E-state index is 14.0. The summed E-state index contributed by atoms with van der Waals surface area (Å²) >= 11 is 1.20. The Morgan fingerprint density at radius 3 is 2.49 bits per heavy atom. The van der Waals surface area contributed by atoms with E-state index < -0.39 is 5.82 Å². The van der Waals surface area contributed by atoms with E-state index in [1.54, 1.807) is 35.9 Å². The van der Waals surface area contributed by atoms with Crippen LogP contribution in [-0.2, 0) is 17.8 Å². The molecule has 1 heterocycles. The number of hydrogen-bond acceptors (Lipinski definition) is 5. The molecule has 0 fully saturated rings. The first-order valence-electron chi connectivity index (χ1n) is 11.2. The van der Waals surface area contributed by atoms with Gasteiger partial charge in [-0.3, -0.25) is 14.2 Å². The molecular formula is C27H26FN3O3S. The lowest BCUT2D eigenvalue weighted by atomic mass is 10.1. The summed E-state index contributed by atoms with van der Waals surface area (Å²) in [5, 5.41) is 0.955. The number of carbonyl (C=O) groups excluding carboxylic acids is 1. The molecule has 1 amide bonds. The minimum atomic E-state index is -0.473. The molecule has 0 N–H and O–H groups in total. The van der Waals surface area contributed by atoms with Crippen molar-refractivity contribution in [2.45, 2.75) is 25.0 Å². The summed E-state index contributed by atoms with van der Waals surface area (Å²) < 4.78 is 20.5. The van der Waals surface area contributed by atoms with Gasteiger partial charge in [0.05, 0.1) is 29.5 Å². The molecule has 180 valence electrons. The van der Waals surface area contributed by atoms with Crippen LogP contribution in [0.3, 0.4) is 0 Å². The van der Waals surface area contributed by atoms with E-state index in [1.807, 2.05) is 36.4 Å². The number of thioether (sulfide) groups is 1. The van der Waals surface area contributed by atoms with Crippen LogP contribution in [0.1, 0.15) is 18.1 Å². The molecular weight excluding hydrogens is 465 g/mol. The third-order valence-corrected chi connectivity index (χ3v) is 6.66. The molecule has 0 saturated heterocycles. The first kappa shape index (κ1) is 24.5. The quantitative estimate of drug-likeness (QED) is 0.261. The molecule has 0 atom stereocenters. The molecule has 3 aromatic carbocycles. The van der Waals surface area contributed by atoms with Crippen LogP contribution in [0.15, 0.2) is 76.7 Å². The van der Waals surface area contributed by atoms with Crippen molar-refractivity contribution < 1.29 is 13.9 Å². The highest BCUT2D eigenvalue weighted by molar-refractivity contribution is 7.99. The van der Waals surface area contributed by atoms with Gasteiger partial charge in [0.2, 0.25) is 5.91 Å². The van der Waals surface area contributed by atoms with Crippen molar-refractivity contribution in [3.63, 3.8) is 0 Å². The fraction of sp³-hybridized carbons (Fsp3) is 0.222. The zero-order valence-corrected chi connectivity index (χ0v) is 20.6. The van der Waals surface area contributed by atoms with Crippen molar-refractivity contribution >= 4 is 28.6 Å². The highest BCUT2D eigenvalue weighted by Crippen LogP contribution is 2.23. The second-order valence-corrected chi connectivity index (χ2v) is 9.02. The van der Waals surface area contributed by atoms with Gasteiger partial charge >= 0.3 is 0 Å². The Bertz CT molecular complexity index is 1420. The summed E-state index contributed by atoms with van der Waals surface area (Å²) in [5.74, 6) is -0.404. The third-order valence-electron chi connectivity index (χ3n) is 5.73. The molecule has 0 aliphatic rings. The fourth-order valence-electron chi connectivity index (χ4n) is 3.72. The Balaban J connectivity index is 1.58. The summed E-state index contributed by atoms with van der Waals surface area (Å²) in [6.07, 6.45) is 0.895. The topological polar surface area (TPSA) is 64.4 Å². The Labute approximate surface area is 207 Å². The van der Waals surface area contributed by atoms with Gasteiger partial charge in [-0.05, 0) is 53.9 Å². The first-order valence-corrected chi connectivity index (χ1v) is 12.2. The predicted octanol–water partition coefficient (Wildman–Crippen LogP) is 4.85. The molecule has 6 nitrogen and oxygen atoms in total. The minimum absolute atomic E-state index is 0.0763. The van der Waals surface area contributed by atoms with Crippen molar-refractivity contribution in [2.24, 2.45) is 0 Å². The molecule has 0 saturated carbocycles. The Morgan fingerprint density at radius 1 is 1.09 bits per heavy atom. The lowest BCUT2D eigenvalue weighted by Crippen LogP contribution is -2.28. The van der Waals surface area contributed by atoms with Crippen molar-refractivity contribution in [3.8, 4) is 11.4 Å². The van der Waals surface area contributed by atoms with Crippen molar-refractivity contribution in [1.29, 1.82) is 0 Å². The zero-order chi connectivity index (χ0) is 24.9. The predicted molar refractivity (Wildman–Crippen MR) is 137 cm³/mol.